The average Bonchev–Trinajstić information content (AvgIpc) is 2.33. The summed E-state index contributed by atoms with van der Waals surface area (Å²) in [5.41, 5.74) is 3.11. The predicted octanol–water partition coefficient (Wildman–Crippen LogP) is 2.60. The Kier molecular flexibility index (Phi) is 4.38. The topological polar surface area (TPSA) is 29.5 Å². The Labute approximate surface area is 115 Å². The van der Waals surface area contributed by atoms with E-state index in [1.165, 1.54) is 5.56 Å². The number of benzene rings is 1. The summed E-state index contributed by atoms with van der Waals surface area (Å²) in [7, 11) is 0. The van der Waals surface area contributed by atoms with E-state index in [2.05, 4.69) is 24.8 Å². The summed E-state index contributed by atoms with van der Waals surface area (Å²) in [5.74, 6) is 0.207. The van der Waals surface area contributed by atoms with Crippen LogP contribution in [-0.2, 0) is 4.74 Å². The molecule has 1 saturated heterocycles. The van der Waals surface area contributed by atoms with Gasteiger partial charge in [0, 0.05) is 18.2 Å². The molecule has 0 aromatic heterocycles. The van der Waals surface area contributed by atoms with Crippen LogP contribution in [-0.4, -0.2) is 42.5 Å². The lowest BCUT2D eigenvalue weighted by atomic mass is 10.0. The van der Waals surface area contributed by atoms with Crippen molar-refractivity contribution in [3.8, 4) is 0 Å². The minimum absolute atomic E-state index is 0.207. The number of carbonyl (C=O) groups excluding carboxylic acids is 1. The van der Waals surface area contributed by atoms with Crippen LogP contribution in [0.15, 0.2) is 18.2 Å². The third-order valence-corrected chi connectivity index (χ3v) is 3.77. The van der Waals surface area contributed by atoms with Crippen molar-refractivity contribution in [3.63, 3.8) is 0 Å². The number of ether oxygens (including phenoxy) is 1. The van der Waals surface area contributed by atoms with Crippen LogP contribution in [0.3, 0.4) is 0 Å². The zero-order valence-corrected chi connectivity index (χ0v) is 12.3. The van der Waals surface area contributed by atoms with E-state index in [-0.39, 0.29) is 11.9 Å². The van der Waals surface area contributed by atoms with Crippen molar-refractivity contribution in [2.45, 2.75) is 39.8 Å². The van der Waals surface area contributed by atoms with E-state index in [1.807, 2.05) is 26.0 Å². The van der Waals surface area contributed by atoms with E-state index in [4.69, 9.17) is 4.74 Å². The van der Waals surface area contributed by atoms with E-state index >= 15 is 0 Å². The molecule has 2 atom stereocenters. The highest BCUT2D eigenvalue weighted by Gasteiger charge is 2.25. The molecule has 3 heteroatoms. The van der Waals surface area contributed by atoms with Gasteiger partial charge in [0.05, 0.1) is 19.3 Å². The van der Waals surface area contributed by atoms with E-state index < -0.39 is 0 Å². The van der Waals surface area contributed by atoms with Crippen LogP contribution >= 0.6 is 0 Å². The minimum atomic E-state index is 0.207. The van der Waals surface area contributed by atoms with Gasteiger partial charge in [0.25, 0.3) is 0 Å². The number of Topliss-reactive ketones (excluding diaryl/α,β-unsaturated/α-hetero) is 1. The summed E-state index contributed by atoms with van der Waals surface area (Å²) >= 11 is 0. The molecule has 0 radical (unpaired) electrons. The number of hydrogen-bond donors (Lipinski definition) is 0. The number of ketones is 1. The minimum Gasteiger partial charge on any atom is -0.376 e. The second-order valence-corrected chi connectivity index (χ2v) is 5.66. The fraction of sp³-hybridized carbons (Fsp3) is 0.562. The lowest BCUT2D eigenvalue weighted by molar-refractivity contribution is -0.0460. The summed E-state index contributed by atoms with van der Waals surface area (Å²) in [6.45, 7) is 10.2. The van der Waals surface area contributed by atoms with Crippen LogP contribution in [0.4, 0.5) is 0 Å². The molecule has 1 aliphatic rings. The Morgan fingerprint density at radius 3 is 2.79 bits per heavy atom. The molecule has 1 aromatic rings. The Balaban J connectivity index is 2.07. The Morgan fingerprint density at radius 2 is 2.11 bits per heavy atom. The van der Waals surface area contributed by atoms with E-state index in [0.29, 0.717) is 19.2 Å². The lowest BCUT2D eigenvalue weighted by Crippen LogP contribution is -2.49. The van der Waals surface area contributed by atoms with Crippen molar-refractivity contribution in [2.75, 3.05) is 19.7 Å². The molecule has 1 heterocycles. The molecule has 3 nitrogen and oxygen atoms in total. The SMILES string of the molecule is Cc1ccc(C(=O)CN2CC(C)OCC2C)c(C)c1. The first kappa shape index (κ1) is 14.2. The summed E-state index contributed by atoms with van der Waals surface area (Å²) in [4.78, 5) is 14.6. The van der Waals surface area contributed by atoms with Gasteiger partial charge < -0.3 is 4.74 Å². The Bertz CT molecular complexity index is 470. The second kappa shape index (κ2) is 5.85. The van der Waals surface area contributed by atoms with Gasteiger partial charge in [-0.1, -0.05) is 23.8 Å². The number of morpholine rings is 1. The van der Waals surface area contributed by atoms with Gasteiger partial charge >= 0.3 is 0 Å². The maximum Gasteiger partial charge on any atom is 0.177 e. The van der Waals surface area contributed by atoms with Crippen molar-refractivity contribution < 1.29 is 9.53 Å². The maximum atomic E-state index is 12.4. The molecule has 104 valence electrons. The van der Waals surface area contributed by atoms with E-state index in [9.17, 15) is 4.79 Å². The zero-order chi connectivity index (χ0) is 14.0. The number of rotatable bonds is 3. The van der Waals surface area contributed by atoms with Crippen molar-refractivity contribution in [1.82, 2.24) is 4.90 Å². The number of hydrogen-bond acceptors (Lipinski definition) is 3. The summed E-state index contributed by atoms with van der Waals surface area (Å²) < 4.78 is 5.59. The van der Waals surface area contributed by atoms with Crippen molar-refractivity contribution in [3.05, 3.63) is 34.9 Å². The molecule has 0 N–H and O–H groups in total. The zero-order valence-electron chi connectivity index (χ0n) is 12.3. The first-order chi connectivity index (χ1) is 8.97. The van der Waals surface area contributed by atoms with Gasteiger partial charge in [-0.05, 0) is 33.3 Å². The summed E-state index contributed by atoms with van der Waals surface area (Å²) in [6.07, 6.45) is 0.211. The van der Waals surface area contributed by atoms with Crippen LogP contribution in [0.5, 0.6) is 0 Å². The monoisotopic (exact) mass is 261 g/mol. The van der Waals surface area contributed by atoms with Crippen LogP contribution < -0.4 is 0 Å². The fourth-order valence-electron chi connectivity index (χ4n) is 2.59. The fourth-order valence-corrected chi connectivity index (χ4v) is 2.59. The lowest BCUT2D eigenvalue weighted by Gasteiger charge is -2.36. The molecule has 0 spiro atoms. The van der Waals surface area contributed by atoms with Crippen molar-refractivity contribution >= 4 is 5.78 Å². The van der Waals surface area contributed by atoms with Gasteiger partial charge in [0.2, 0.25) is 0 Å². The summed E-state index contributed by atoms with van der Waals surface area (Å²) in [5, 5.41) is 0. The molecular formula is C16H23NO2. The van der Waals surface area contributed by atoms with E-state index in [0.717, 1.165) is 17.7 Å². The maximum absolute atomic E-state index is 12.4. The van der Waals surface area contributed by atoms with Crippen LogP contribution in [0.1, 0.15) is 35.3 Å². The number of carbonyl (C=O) groups is 1. The summed E-state index contributed by atoms with van der Waals surface area (Å²) in [6, 6.07) is 6.33. The van der Waals surface area contributed by atoms with Crippen LogP contribution in [0, 0.1) is 13.8 Å². The number of aryl methyl sites for hydroxylation is 2. The highest BCUT2D eigenvalue weighted by Crippen LogP contribution is 2.15. The molecule has 19 heavy (non-hydrogen) atoms. The molecule has 2 rings (SSSR count). The number of nitrogens with zero attached hydrogens (tertiary/aromatic N) is 1. The van der Waals surface area contributed by atoms with Gasteiger partial charge in [-0.25, -0.2) is 0 Å². The van der Waals surface area contributed by atoms with Crippen LogP contribution in [0.25, 0.3) is 0 Å². The van der Waals surface area contributed by atoms with Gasteiger partial charge in [-0.2, -0.15) is 0 Å². The predicted molar refractivity (Wildman–Crippen MR) is 76.7 cm³/mol. The average molecular weight is 261 g/mol. The first-order valence-corrected chi connectivity index (χ1v) is 6.93. The Hall–Kier alpha value is -1.19. The Morgan fingerprint density at radius 1 is 1.37 bits per heavy atom. The quantitative estimate of drug-likeness (QED) is 0.783. The van der Waals surface area contributed by atoms with Gasteiger partial charge in [-0.15, -0.1) is 0 Å². The molecule has 1 fully saturated rings. The highest BCUT2D eigenvalue weighted by molar-refractivity contribution is 5.99. The smallest absolute Gasteiger partial charge is 0.177 e. The normalized spacial score (nSPS) is 24.4. The highest BCUT2D eigenvalue weighted by atomic mass is 16.5. The van der Waals surface area contributed by atoms with Gasteiger partial charge in [0.15, 0.2) is 5.78 Å². The van der Waals surface area contributed by atoms with Gasteiger partial charge in [-0.3, -0.25) is 9.69 Å². The molecule has 1 aliphatic heterocycles. The van der Waals surface area contributed by atoms with Crippen LogP contribution in [0.2, 0.25) is 0 Å². The molecule has 2 unspecified atom stereocenters. The molecule has 0 aliphatic carbocycles. The second-order valence-electron chi connectivity index (χ2n) is 5.66. The van der Waals surface area contributed by atoms with E-state index in [1.54, 1.807) is 0 Å². The molecule has 0 saturated carbocycles. The van der Waals surface area contributed by atoms with Crippen molar-refractivity contribution in [2.24, 2.45) is 0 Å². The molecular weight excluding hydrogens is 238 g/mol. The largest absolute Gasteiger partial charge is 0.376 e. The first-order valence-electron chi connectivity index (χ1n) is 6.93. The van der Waals surface area contributed by atoms with Gasteiger partial charge in [0.1, 0.15) is 0 Å². The third-order valence-electron chi connectivity index (χ3n) is 3.77. The third kappa shape index (κ3) is 3.43. The van der Waals surface area contributed by atoms with Crippen molar-refractivity contribution in [1.29, 1.82) is 0 Å². The molecule has 0 amide bonds. The molecule has 0 bridgehead atoms. The molecule has 1 aromatic carbocycles. The standard InChI is InChI=1S/C16H23NO2/c1-11-5-6-15(12(2)7-11)16(18)9-17-8-14(4)19-10-13(17)3/h5-7,13-14H,8-10H2,1-4H3.